The molecule has 0 atom stereocenters. The van der Waals surface area contributed by atoms with Crippen molar-refractivity contribution in [2.75, 3.05) is 40.1 Å². The van der Waals surface area contributed by atoms with Gasteiger partial charge in [0.05, 0.1) is 6.61 Å². The van der Waals surface area contributed by atoms with Gasteiger partial charge in [-0.3, -0.25) is 4.90 Å². The van der Waals surface area contributed by atoms with Crippen LogP contribution in [-0.2, 0) is 17.9 Å². The topological polar surface area (TPSA) is 43.0 Å². The molecule has 5 nitrogen and oxygen atoms in total. The van der Waals surface area contributed by atoms with Crippen molar-refractivity contribution in [3.05, 3.63) is 23.3 Å². The molecule has 0 radical (unpaired) electrons. The lowest BCUT2D eigenvalue weighted by Gasteiger charge is -2.28. The Labute approximate surface area is 113 Å². The molecule has 1 N–H and O–H groups in total. The van der Waals surface area contributed by atoms with Crippen LogP contribution >= 0.6 is 0 Å². The van der Waals surface area contributed by atoms with Gasteiger partial charge < -0.3 is 19.5 Å². The Morgan fingerprint density at radius 2 is 2.11 bits per heavy atom. The summed E-state index contributed by atoms with van der Waals surface area (Å²) in [6, 6.07) is 4.13. The van der Waals surface area contributed by atoms with Gasteiger partial charge in [-0.25, -0.2) is 0 Å². The normalized spacial score (nSPS) is 18.8. The minimum absolute atomic E-state index is 0.309. The predicted molar refractivity (Wildman–Crippen MR) is 71.4 cm³/mol. The molecule has 0 amide bonds. The second-order valence-corrected chi connectivity index (χ2v) is 4.90. The van der Waals surface area contributed by atoms with E-state index >= 15 is 0 Å². The Bertz CT molecular complexity index is 445. The average Bonchev–Trinajstić information content (AvgIpc) is 2.91. The van der Waals surface area contributed by atoms with Crippen molar-refractivity contribution in [1.82, 2.24) is 10.2 Å². The molecule has 1 aromatic carbocycles. The van der Waals surface area contributed by atoms with Gasteiger partial charge in [0.2, 0.25) is 6.79 Å². The van der Waals surface area contributed by atoms with Gasteiger partial charge in [-0.05, 0) is 11.6 Å². The van der Waals surface area contributed by atoms with Gasteiger partial charge >= 0.3 is 0 Å². The molecular weight excluding hydrogens is 244 g/mol. The number of methoxy groups -OCH3 is 1. The highest BCUT2D eigenvalue weighted by Gasteiger charge is 2.22. The summed E-state index contributed by atoms with van der Waals surface area (Å²) >= 11 is 0. The molecule has 2 heterocycles. The minimum atomic E-state index is 0.309. The largest absolute Gasteiger partial charge is 0.454 e. The molecule has 5 heteroatoms. The maximum atomic E-state index is 5.58. The maximum absolute atomic E-state index is 5.58. The number of nitrogens with zero attached hydrogens (tertiary/aromatic N) is 1. The van der Waals surface area contributed by atoms with Crippen LogP contribution in [0.25, 0.3) is 0 Å². The van der Waals surface area contributed by atoms with Crippen molar-refractivity contribution < 1.29 is 14.2 Å². The number of ether oxygens (including phenoxy) is 3. The van der Waals surface area contributed by atoms with E-state index in [0.717, 1.165) is 49.8 Å². The highest BCUT2D eigenvalue weighted by Crippen LogP contribution is 2.38. The number of piperazine rings is 1. The van der Waals surface area contributed by atoms with Gasteiger partial charge in [0.1, 0.15) is 0 Å². The molecule has 3 rings (SSSR count). The van der Waals surface area contributed by atoms with E-state index < -0.39 is 0 Å². The van der Waals surface area contributed by atoms with Crippen molar-refractivity contribution in [1.29, 1.82) is 0 Å². The quantitative estimate of drug-likeness (QED) is 0.877. The summed E-state index contributed by atoms with van der Waals surface area (Å²) in [6.07, 6.45) is 0. The first kappa shape index (κ1) is 12.7. The Hall–Kier alpha value is -1.30. The second-order valence-electron chi connectivity index (χ2n) is 4.90. The molecule has 104 valence electrons. The van der Waals surface area contributed by atoms with Crippen LogP contribution in [0.5, 0.6) is 11.5 Å². The molecule has 0 bridgehead atoms. The van der Waals surface area contributed by atoms with Gasteiger partial charge in [-0.1, -0.05) is 6.07 Å². The number of fused-ring (bicyclic) bond motifs is 1. The fourth-order valence-electron chi connectivity index (χ4n) is 2.63. The van der Waals surface area contributed by atoms with Gasteiger partial charge in [0, 0.05) is 45.4 Å². The van der Waals surface area contributed by atoms with E-state index in [4.69, 9.17) is 14.2 Å². The van der Waals surface area contributed by atoms with Crippen molar-refractivity contribution in [2.24, 2.45) is 0 Å². The highest BCUT2D eigenvalue weighted by molar-refractivity contribution is 5.52. The van der Waals surface area contributed by atoms with Crippen molar-refractivity contribution in [2.45, 2.75) is 13.2 Å². The smallest absolute Gasteiger partial charge is 0.231 e. The summed E-state index contributed by atoms with van der Waals surface area (Å²) < 4.78 is 16.3. The molecule has 0 aliphatic carbocycles. The molecule has 19 heavy (non-hydrogen) atoms. The van der Waals surface area contributed by atoms with Gasteiger partial charge in [-0.2, -0.15) is 0 Å². The molecular formula is C14H20N2O3. The zero-order chi connectivity index (χ0) is 13.1. The third-order valence-electron chi connectivity index (χ3n) is 3.63. The number of hydrogen-bond donors (Lipinski definition) is 1. The van der Waals surface area contributed by atoms with Crippen LogP contribution in [0.2, 0.25) is 0 Å². The van der Waals surface area contributed by atoms with Crippen molar-refractivity contribution in [3.63, 3.8) is 0 Å². The predicted octanol–water partition coefficient (Wildman–Crippen LogP) is 0.967. The van der Waals surface area contributed by atoms with E-state index in [9.17, 15) is 0 Å². The van der Waals surface area contributed by atoms with Crippen LogP contribution < -0.4 is 14.8 Å². The summed E-state index contributed by atoms with van der Waals surface area (Å²) in [5, 5.41) is 3.37. The molecule has 0 saturated carbocycles. The lowest BCUT2D eigenvalue weighted by Crippen LogP contribution is -2.43. The second kappa shape index (κ2) is 5.77. The Balaban J connectivity index is 1.83. The number of benzene rings is 1. The highest BCUT2D eigenvalue weighted by atomic mass is 16.7. The van der Waals surface area contributed by atoms with Crippen LogP contribution in [-0.4, -0.2) is 45.0 Å². The lowest BCUT2D eigenvalue weighted by molar-refractivity contribution is 0.161. The van der Waals surface area contributed by atoms with Crippen molar-refractivity contribution in [3.8, 4) is 11.5 Å². The molecule has 1 saturated heterocycles. The molecule has 0 unspecified atom stereocenters. The zero-order valence-electron chi connectivity index (χ0n) is 11.3. The molecule has 2 aliphatic rings. The fourth-order valence-corrected chi connectivity index (χ4v) is 2.63. The van der Waals surface area contributed by atoms with Crippen LogP contribution in [0, 0.1) is 0 Å². The lowest BCUT2D eigenvalue weighted by atomic mass is 10.1. The summed E-state index contributed by atoms with van der Waals surface area (Å²) in [6.45, 7) is 6.10. The van der Waals surface area contributed by atoms with E-state index in [1.807, 2.05) is 6.07 Å². The minimum Gasteiger partial charge on any atom is -0.454 e. The summed E-state index contributed by atoms with van der Waals surface area (Å²) in [5.74, 6) is 1.69. The van der Waals surface area contributed by atoms with E-state index in [2.05, 4.69) is 16.3 Å². The third kappa shape index (κ3) is 2.68. The average molecular weight is 264 g/mol. The van der Waals surface area contributed by atoms with E-state index in [-0.39, 0.29) is 0 Å². The van der Waals surface area contributed by atoms with E-state index in [1.54, 1.807) is 7.11 Å². The summed E-state index contributed by atoms with van der Waals surface area (Å²) in [5.41, 5.74) is 2.39. The Kier molecular flexibility index (Phi) is 3.87. The standard InChI is InChI=1S/C14H20N2O3/c1-17-9-12-11(8-16-6-4-15-5-7-16)2-3-13-14(12)19-10-18-13/h2-3,15H,4-10H2,1H3. The van der Waals surface area contributed by atoms with Gasteiger partial charge in [-0.15, -0.1) is 0 Å². The summed E-state index contributed by atoms with van der Waals surface area (Å²) in [7, 11) is 1.71. The molecule has 0 aromatic heterocycles. The van der Waals surface area contributed by atoms with Crippen LogP contribution in [0.3, 0.4) is 0 Å². The molecule has 2 aliphatic heterocycles. The van der Waals surface area contributed by atoms with E-state index in [0.29, 0.717) is 13.4 Å². The zero-order valence-corrected chi connectivity index (χ0v) is 11.3. The number of nitrogens with one attached hydrogen (secondary N) is 1. The van der Waals surface area contributed by atoms with Gasteiger partial charge in [0.25, 0.3) is 0 Å². The first-order valence-corrected chi connectivity index (χ1v) is 6.71. The van der Waals surface area contributed by atoms with Crippen LogP contribution in [0.1, 0.15) is 11.1 Å². The van der Waals surface area contributed by atoms with Crippen LogP contribution in [0.15, 0.2) is 12.1 Å². The summed E-state index contributed by atoms with van der Waals surface area (Å²) in [4.78, 5) is 2.45. The maximum Gasteiger partial charge on any atom is 0.231 e. The molecule has 1 fully saturated rings. The van der Waals surface area contributed by atoms with Gasteiger partial charge in [0.15, 0.2) is 11.5 Å². The van der Waals surface area contributed by atoms with E-state index in [1.165, 1.54) is 5.56 Å². The Morgan fingerprint density at radius 1 is 1.26 bits per heavy atom. The molecule has 1 aromatic rings. The van der Waals surface area contributed by atoms with Crippen LogP contribution in [0.4, 0.5) is 0 Å². The number of rotatable bonds is 4. The monoisotopic (exact) mass is 264 g/mol. The third-order valence-corrected chi connectivity index (χ3v) is 3.63. The first-order chi connectivity index (χ1) is 9.38. The number of hydrogen-bond acceptors (Lipinski definition) is 5. The SMILES string of the molecule is COCc1c(CN2CCNCC2)ccc2c1OCO2. The molecule has 0 spiro atoms. The fraction of sp³-hybridized carbons (Fsp3) is 0.571. The first-order valence-electron chi connectivity index (χ1n) is 6.71. The van der Waals surface area contributed by atoms with Crippen molar-refractivity contribution >= 4 is 0 Å². The Morgan fingerprint density at radius 3 is 2.89 bits per heavy atom.